The number of thiophene rings is 1. The van der Waals surface area contributed by atoms with Gasteiger partial charge < -0.3 is 14.5 Å². The Balaban J connectivity index is 1.22. The molecule has 0 saturated carbocycles. The van der Waals surface area contributed by atoms with Crippen molar-refractivity contribution in [3.8, 4) is 0 Å². The molecule has 3 heterocycles. The quantitative estimate of drug-likeness (QED) is 0.486. The lowest BCUT2D eigenvalue weighted by Gasteiger charge is -2.52. The number of hydrogen-bond donors (Lipinski definition) is 0. The van der Waals surface area contributed by atoms with Crippen LogP contribution in [0.1, 0.15) is 38.4 Å². The van der Waals surface area contributed by atoms with Crippen LogP contribution in [0.15, 0.2) is 54.6 Å². The largest absolute Gasteiger partial charge is 0.416 e. The molecular weight excluding hydrogens is 477 g/mol. The van der Waals surface area contributed by atoms with Gasteiger partial charge in [-0.05, 0) is 54.6 Å². The molecular formula is C26H25F3N2O3S. The van der Waals surface area contributed by atoms with Gasteiger partial charge in [0.2, 0.25) is 0 Å². The SMILES string of the molecule is COC1(C2CN(C(=O)c3cc4cc(C(F)(F)F)ccc4s3)C2)CCN(C(=O)c2ccccc2)CC1. The van der Waals surface area contributed by atoms with Gasteiger partial charge in [0.05, 0.1) is 16.0 Å². The molecule has 2 saturated heterocycles. The first kappa shape index (κ1) is 23.8. The highest BCUT2D eigenvalue weighted by Crippen LogP contribution is 2.40. The number of amides is 2. The molecule has 2 fully saturated rings. The Bertz CT molecular complexity index is 1240. The molecule has 0 spiro atoms. The van der Waals surface area contributed by atoms with E-state index in [9.17, 15) is 22.8 Å². The van der Waals surface area contributed by atoms with Gasteiger partial charge >= 0.3 is 6.18 Å². The van der Waals surface area contributed by atoms with Crippen molar-refractivity contribution in [2.75, 3.05) is 33.3 Å². The molecule has 2 amide bonds. The molecule has 2 aliphatic rings. The first-order valence-corrected chi connectivity index (χ1v) is 12.3. The molecule has 0 atom stereocenters. The van der Waals surface area contributed by atoms with E-state index in [-0.39, 0.29) is 17.7 Å². The van der Waals surface area contributed by atoms with Gasteiger partial charge in [0.1, 0.15) is 0 Å². The van der Waals surface area contributed by atoms with Crippen LogP contribution in [0.3, 0.4) is 0 Å². The lowest BCUT2D eigenvalue weighted by atomic mass is 9.75. The normalized spacial score (nSPS) is 18.5. The summed E-state index contributed by atoms with van der Waals surface area (Å²) in [6, 6.07) is 14.3. The molecule has 5 nitrogen and oxygen atoms in total. The van der Waals surface area contributed by atoms with Crippen molar-refractivity contribution in [1.82, 2.24) is 9.80 Å². The van der Waals surface area contributed by atoms with Crippen LogP contribution in [0.5, 0.6) is 0 Å². The Morgan fingerprint density at radius 1 is 0.971 bits per heavy atom. The van der Waals surface area contributed by atoms with E-state index in [4.69, 9.17) is 4.74 Å². The lowest BCUT2D eigenvalue weighted by Crippen LogP contribution is -2.63. The third-order valence-electron chi connectivity index (χ3n) is 7.29. The number of methoxy groups -OCH3 is 1. The zero-order valence-electron chi connectivity index (χ0n) is 19.2. The van der Waals surface area contributed by atoms with Crippen molar-refractivity contribution in [1.29, 1.82) is 0 Å². The van der Waals surface area contributed by atoms with Gasteiger partial charge in [0, 0.05) is 49.5 Å². The number of carbonyl (C=O) groups is 2. The number of rotatable bonds is 4. The van der Waals surface area contributed by atoms with Crippen LogP contribution < -0.4 is 0 Å². The van der Waals surface area contributed by atoms with Crippen molar-refractivity contribution in [2.45, 2.75) is 24.6 Å². The summed E-state index contributed by atoms with van der Waals surface area (Å²) in [4.78, 5) is 29.8. The van der Waals surface area contributed by atoms with Gasteiger partial charge in [-0.1, -0.05) is 18.2 Å². The minimum atomic E-state index is -4.42. The van der Waals surface area contributed by atoms with E-state index in [1.165, 1.54) is 17.4 Å². The van der Waals surface area contributed by atoms with Crippen molar-refractivity contribution in [3.05, 3.63) is 70.6 Å². The number of halogens is 3. The maximum Gasteiger partial charge on any atom is 0.416 e. The summed E-state index contributed by atoms with van der Waals surface area (Å²) in [6.07, 6.45) is -3.03. The minimum Gasteiger partial charge on any atom is -0.378 e. The summed E-state index contributed by atoms with van der Waals surface area (Å²) in [5, 5.41) is 0.425. The first-order chi connectivity index (χ1) is 16.7. The van der Waals surface area contributed by atoms with Crippen LogP contribution in [0.25, 0.3) is 10.1 Å². The second-order valence-corrected chi connectivity index (χ2v) is 10.3. The molecule has 2 aromatic carbocycles. The molecule has 0 bridgehead atoms. The highest BCUT2D eigenvalue weighted by atomic mass is 32.1. The van der Waals surface area contributed by atoms with Crippen LogP contribution >= 0.6 is 11.3 Å². The Morgan fingerprint density at radius 2 is 1.66 bits per heavy atom. The molecule has 5 rings (SSSR count). The molecule has 184 valence electrons. The highest BCUT2D eigenvalue weighted by molar-refractivity contribution is 7.20. The smallest absolute Gasteiger partial charge is 0.378 e. The van der Waals surface area contributed by atoms with E-state index in [1.807, 2.05) is 35.2 Å². The zero-order chi connectivity index (χ0) is 24.8. The molecule has 2 aliphatic heterocycles. The fourth-order valence-electron chi connectivity index (χ4n) is 5.09. The maximum atomic E-state index is 13.0. The average molecular weight is 503 g/mol. The number of fused-ring (bicyclic) bond motifs is 1. The number of ether oxygens (including phenoxy) is 1. The number of hydrogen-bond acceptors (Lipinski definition) is 4. The van der Waals surface area contributed by atoms with E-state index in [0.717, 1.165) is 12.1 Å². The summed E-state index contributed by atoms with van der Waals surface area (Å²) >= 11 is 1.21. The fraction of sp³-hybridized carbons (Fsp3) is 0.385. The van der Waals surface area contributed by atoms with Crippen LogP contribution in [0.4, 0.5) is 13.2 Å². The van der Waals surface area contributed by atoms with E-state index >= 15 is 0 Å². The first-order valence-electron chi connectivity index (χ1n) is 11.5. The number of nitrogens with zero attached hydrogens (tertiary/aromatic N) is 2. The highest BCUT2D eigenvalue weighted by Gasteiger charge is 2.49. The summed E-state index contributed by atoms with van der Waals surface area (Å²) in [5.41, 5.74) is -0.445. The number of benzene rings is 2. The number of carbonyl (C=O) groups excluding carboxylic acids is 2. The maximum absolute atomic E-state index is 13.0. The molecule has 1 aromatic heterocycles. The summed E-state index contributed by atoms with van der Waals surface area (Å²) in [6.45, 7) is 2.23. The number of likely N-dealkylation sites (tertiary alicyclic amines) is 2. The molecule has 0 unspecified atom stereocenters. The van der Waals surface area contributed by atoms with Crippen LogP contribution in [0.2, 0.25) is 0 Å². The zero-order valence-corrected chi connectivity index (χ0v) is 20.0. The van der Waals surface area contributed by atoms with Gasteiger partial charge in [-0.25, -0.2) is 0 Å². The Morgan fingerprint density at radius 3 is 2.29 bits per heavy atom. The second kappa shape index (κ2) is 8.95. The lowest BCUT2D eigenvalue weighted by molar-refractivity contribution is -0.137. The number of alkyl halides is 3. The van der Waals surface area contributed by atoms with Crippen molar-refractivity contribution in [2.24, 2.45) is 5.92 Å². The predicted octanol–water partition coefficient (Wildman–Crippen LogP) is 5.31. The van der Waals surface area contributed by atoms with Gasteiger partial charge in [0.15, 0.2) is 0 Å². The third-order valence-corrected chi connectivity index (χ3v) is 8.40. The van der Waals surface area contributed by atoms with Crippen molar-refractivity contribution < 1.29 is 27.5 Å². The minimum absolute atomic E-state index is 0.0131. The van der Waals surface area contributed by atoms with Crippen LogP contribution in [0, 0.1) is 5.92 Å². The fourth-order valence-corrected chi connectivity index (χ4v) is 6.10. The Kier molecular flexibility index (Phi) is 6.09. The molecule has 35 heavy (non-hydrogen) atoms. The van der Waals surface area contributed by atoms with E-state index < -0.39 is 17.3 Å². The summed E-state index contributed by atoms with van der Waals surface area (Å²) < 4.78 is 45.7. The van der Waals surface area contributed by atoms with E-state index in [1.54, 1.807) is 18.1 Å². The van der Waals surface area contributed by atoms with Crippen molar-refractivity contribution >= 4 is 33.2 Å². The van der Waals surface area contributed by atoms with E-state index in [0.29, 0.717) is 59.5 Å². The monoisotopic (exact) mass is 502 g/mol. The predicted molar refractivity (Wildman–Crippen MR) is 128 cm³/mol. The topological polar surface area (TPSA) is 49.9 Å². The van der Waals surface area contributed by atoms with Crippen LogP contribution in [-0.2, 0) is 10.9 Å². The molecule has 9 heteroatoms. The van der Waals surface area contributed by atoms with E-state index in [2.05, 4.69) is 0 Å². The van der Waals surface area contributed by atoms with Crippen molar-refractivity contribution in [3.63, 3.8) is 0 Å². The third kappa shape index (κ3) is 4.43. The number of piperidine rings is 1. The average Bonchev–Trinajstić information content (AvgIpc) is 3.27. The molecule has 0 aliphatic carbocycles. The summed E-state index contributed by atoms with van der Waals surface area (Å²) in [7, 11) is 1.68. The molecule has 0 radical (unpaired) electrons. The van der Waals surface area contributed by atoms with Gasteiger partial charge in [-0.15, -0.1) is 11.3 Å². The van der Waals surface area contributed by atoms with Gasteiger partial charge in [0.25, 0.3) is 11.8 Å². The Labute approximate surface area is 205 Å². The molecule has 0 N–H and O–H groups in total. The standard InChI is InChI=1S/C26H25F3N2O3S/c1-34-25(9-11-30(12-10-25)23(32)17-5-3-2-4-6-17)20-15-31(16-20)24(33)22-14-18-13-19(26(27,28)29)7-8-21(18)35-22/h2-8,13-14,20H,9-12,15-16H2,1H3. The molecule has 3 aromatic rings. The van der Waals surface area contributed by atoms with Gasteiger partial charge in [-0.3, -0.25) is 9.59 Å². The second-order valence-electron chi connectivity index (χ2n) is 9.20. The van der Waals surface area contributed by atoms with Crippen LogP contribution in [-0.4, -0.2) is 60.5 Å². The van der Waals surface area contributed by atoms with Gasteiger partial charge in [-0.2, -0.15) is 13.2 Å². The summed E-state index contributed by atoms with van der Waals surface area (Å²) in [5.74, 6) is -0.00486. The Hall–Kier alpha value is -2.91.